The number of carbonyl (C=O) groups excluding carboxylic acids is 1. The second-order valence-corrected chi connectivity index (χ2v) is 11.5. The number of aromatic nitrogens is 2. The zero-order chi connectivity index (χ0) is 26.0. The first-order valence-corrected chi connectivity index (χ1v) is 13.6. The highest BCUT2D eigenvalue weighted by Crippen LogP contribution is 2.60. The molecule has 2 N–H and O–H groups in total. The molecule has 5 heterocycles. The van der Waals surface area contributed by atoms with Crippen molar-refractivity contribution in [3.8, 4) is 16.9 Å². The minimum Gasteiger partial charge on any atom is -0.506 e. The lowest BCUT2D eigenvalue weighted by molar-refractivity contribution is -0.106. The molecule has 3 aliphatic heterocycles. The summed E-state index contributed by atoms with van der Waals surface area (Å²) in [4.78, 5) is 34.0. The summed E-state index contributed by atoms with van der Waals surface area (Å²) in [6.07, 6.45) is 8.24. The van der Waals surface area contributed by atoms with Crippen LogP contribution in [0.2, 0.25) is 0 Å². The Bertz CT molecular complexity index is 1470. The minimum absolute atomic E-state index is 0.0283. The molecule has 198 valence electrons. The van der Waals surface area contributed by atoms with Crippen molar-refractivity contribution in [3.63, 3.8) is 0 Å². The summed E-state index contributed by atoms with van der Waals surface area (Å²) in [5.74, 6) is -1.25. The topological polar surface area (TPSA) is 96.7 Å². The largest absolute Gasteiger partial charge is 0.506 e. The fraction of sp³-hybridized carbons (Fsp3) is 0.483. The second kappa shape index (κ2) is 8.88. The first kappa shape index (κ1) is 23.8. The maximum atomic E-state index is 13.7. The molecule has 2 aliphatic carbocycles. The van der Waals surface area contributed by atoms with Crippen molar-refractivity contribution in [1.82, 2.24) is 19.8 Å². The van der Waals surface area contributed by atoms with Gasteiger partial charge in [-0.25, -0.2) is 9.37 Å². The van der Waals surface area contributed by atoms with Crippen molar-refractivity contribution in [2.24, 2.45) is 5.41 Å². The van der Waals surface area contributed by atoms with Crippen LogP contribution in [0.4, 0.5) is 4.39 Å². The van der Waals surface area contributed by atoms with E-state index in [0.29, 0.717) is 47.8 Å². The number of benzene rings is 1. The van der Waals surface area contributed by atoms with Crippen LogP contribution in [0.3, 0.4) is 0 Å². The molecule has 2 aromatic heterocycles. The van der Waals surface area contributed by atoms with Gasteiger partial charge in [0.15, 0.2) is 0 Å². The Labute approximate surface area is 219 Å². The minimum atomic E-state index is -0.540. The van der Waals surface area contributed by atoms with Crippen molar-refractivity contribution in [3.05, 3.63) is 58.3 Å². The van der Waals surface area contributed by atoms with Crippen molar-refractivity contribution < 1.29 is 19.0 Å². The Hall–Kier alpha value is -3.30. The van der Waals surface area contributed by atoms with Gasteiger partial charge in [-0.15, -0.1) is 0 Å². The molecule has 2 saturated carbocycles. The van der Waals surface area contributed by atoms with Gasteiger partial charge in [0.2, 0.25) is 0 Å². The molecule has 38 heavy (non-hydrogen) atoms. The predicted octanol–water partition coefficient (Wildman–Crippen LogP) is 3.44. The van der Waals surface area contributed by atoms with E-state index in [1.165, 1.54) is 29.5 Å². The first-order chi connectivity index (χ1) is 18.4. The molecule has 1 amide bonds. The third kappa shape index (κ3) is 4.08. The number of hydrogen-bond acceptors (Lipinski definition) is 6. The smallest absolute Gasteiger partial charge is 0.268 e. The maximum Gasteiger partial charge on any atom is 0.268 e. The maximum absolute atomic E-state index is 13.7. The number of nitrogens with zero attached hydrogens (tertiary/aromatic N) is 3. The van der Waals surface area contributed by atoms with Crippen LogP contribution in [0.15, 0.2) is 41.3 Å². The van der Waals surface area contributed by atoms with Gasteiger partial charge in [0, 0.05) is 43.5 Å². The molecule has 5 fully saturated rings. The number of fused-ring (bicyclic) bond motifs is 4. The predicted molar refractivity (Wildman–Crippen MR) is 140 cm³/mol. The van der Waals surface area contributed by atoms with Crippen molar-refractivity contribution >= 4 is 16.9 Å². The Morgan fingerprint density at radius 2 is 1.95 bits per heavy atom. The second-order valence-electron chi connectivity index (χ2n) is 11.5. The Balaban J connectivity index is 1.26. The third-order valence-corrected chi connectivity index (χ3v) is 9.04. The van der Waals surface area contributed by atoms with E-state index in [0.717, 1.165) is 37.8 Å². The first-order valence-electron chi connectivity index (χ1n) is 13.6. The lowest BCUT2D eigenvalue weighted by Gasteiger charge is -2.45. The average molecular weight is 519 g/mol. The molecule has 2 atom stereocenters. The summed E-state index contributed by atoms with van der Waals surface area (Å²) < 4.78 is 20.8. The summed E-state index contributed by atoms with van der Waals surface area (Å²) in [6, 6.07) is 8.07. The van der Waals surface area contributed by atoms with Gasteiger partial charge in [0.25, 0.3) is 11.5 Å². The highest BCUT2D eigenvalue weighted by molar-refractivity contribution is 6.02. The number of halogens is 1. The van der Waals surface area contributed by atoms with Gasteiger partial charge in [-0.2, -0.15) is 0 Å². The highest BCUT2D eigenvalue weighted by Gasteiger charge is 2.53. The molecule has 8 nitrogen and oxygen atoms in total. The monoisotopic (exact) mass is 518 g/mol. The van der Waals surface area contributed by atoms with Crippen molar-refractivity contribution in [1.29, 1.82) is 0 Å². The van der Waals surface area contributed by atoms with Crippen LogP contribution in [-0.2, 0) is 11.3 Å². The van der Waals surface area contributed by atoms with Gasteiger partial charge in [0.05, 0.1) is 18.1 Å². The normalized spacial score (nSPS) is 24.0. The molecule has 3 aromatic rings. The van der Waals surface area contributed by atoms with E-state index in [9.17, 15) is 19.1 Å². The van der Waals surface area contributed by atoms with Crippen LogP contribution in [0.5, 0.6) is 5.75 Å². The Kier molecular flexibility index (Phi) is 5.56. The van der Waals surface area contributed by atoms with Gasteiger partial charge < -0.3 is 15.2 Å². The highest BCUT2D eigenvalue weighted by atomic mass is 19.1. The summed E-state index contributed by atoms with van der Waals surface area (Å²) in [7, 11) is 0. The number of aromatic hydroxyl groups is 1. The van der Waals surface area contributed by atoms with Crippen LogP contribution in [0.25, 0.3) is 22.2 Å². The zero-order valence-corrected chi connectivity index (χ0v) is 21.2. The molecular formula is C29H31FN4O4. The van der Waals surface area contributed by atoms with Crippen molar-refractivity contribution in [2.75, 3.05) is 19.7 Å². The molecule has 3 saturated heterocycles. The van der Waals surface area contributed by atoms with Gasteiger partial charge in [-0.05, 0) is 67.7 Å². The lowest BCUT2D eigenvalue weighted by Crippen LogP contribution is -2.55. The van der Waals surface area contributed by atoms with Crippen LogP contribution in [0, 0.1) is 11.2 Å². The number of carbonyl (C=O) groups is 1. The van der Waals surface area contributed by atoms with Crippen LogP contribution >= 0.6 is 0 Å². The number of morpholine rings is 1. The fourth-order valence-corrected chi connectivity index (χ4v) is 6.59. The zero-order valence-electron chi connectivity index (χ0n) is 21.2. The van der Waals surface area contributed by atoms with Gasteiger partial charge in [0.1, 0.15) is 22.8 Å². The summed E-state index contributed by atoms with van der Waals surface area (Å²) in [5.41, 5.74) is 1.33. The van der Waals surface area contributed by atoms with E-state index in [4.69, 9.17) is 4.74 Å². The molecule has 8 rings (SSSR count). The fourth-order valence-electron chi connectivity index (χ4n) is 6.59. The van der Waals surface area contributed by atoms with Gasteiger partial charge in [-0.3, -0.25) is 19.1 Å². The van der Waals surface area contributed by atoms with E-state index >= 15 is 0 Å². The summed E-state index contributed by atoms with van der Waals surface area (Å²) >= 11 is 0. The SMILES string of the molecule is O=C(NC1CC2(CC2)C1)c1c(O)c2cc(-c3ccc(F)cc3)cnc2n(CCN2CC3CCC2CO3)c1=O. The van der Waals surface area contributed by atoms with E-state index in [2.05, 4.69) is 15.2 Å². The van der Waals surface area contributed by atoms with Crippen LogP contribution < -0.4 is 10.9 Å². The quantitative estimate of drug-likeness (QED) is 0.519. The molecular weight excluding hydrogens is 487 g/mol. The van der Waals surface area contributed by atoms with Crippen molar-refractivity contribution in [2.45, 2.75) is 63.3 Å². The van der Waals surface area contributed by atoms with Gasteiger partial charge >= 0.3 is 0 Å². The summed E-state index contributed by atoms with van der Waals surface area (Å²) in [6.45, 7) is 2.49. The molecule has 1 aromatic carbocycles. The molecule has 0 radical (unpaired) electrons. The van der Waals surface area contributed by atoms with Gasteiger partial charge in [-0.1, -0.05) is 12.1 Å². The number of rotatable bonds is 6. The third-order valence-electron chi connectivity index (χ3n) is 9.04. The van der Waals surface area contributed by atoms with Crippen LogP contribution in [-0.4, -0.2) is 63.3 Å². The molecule has 2 bridgehead atoms. The Morgan fingerprint density at radius 1 is 1.16 bits per heavy atom. The Morgan fingerprint density at radius 3 is 2.61 bits per heavy atom. The van der Waals surface area contributed by atoms with E-state index in [-0.39, 0.29) is 29.3 Å². The van der Waals surface area contributed by atoms with E-state index < -0.39 is 11.5 Å². The number of nitrogens with one attached hydrogen (secondary N) is 1. The molecule has 1 spiro atoms. The number of ether oxygens (including phenoxy) is 1. The number of piperidine rings is 1. The van der Waals surface area contributed by atoms with E-state index in [1.54, 1.807) is 24.4 Å². The molecule has 9 heteroatoms. The number of hydrogen-bond donors (Lipinski definition) is 2. The molecule has 5 aliphatic rings. The number of pyridine rings is 2. The van der Waals surface area contributed by atoms with E-state index in [1.807, 2.05) is 0 Å². The standard InChI is InChI=1S/C29H31FN4O4/c30-19-3-1-17(2-4-19)18-11-23-25(35)24(27(36)32-20-12-29(13-20)7-8-29)28(37)34(26(23)31-14-18)10-9-33-15-22-6-5-21(33)16-38-22/h1-4,11,14,20-22,35H,5-10,12-13,15-16H2,(H,32,36). The average Bonchev–Trinajstić information content (AvgIpc) is 3.71. The molecule has 2 unspecified atom stereocenters. The number of amides is 1. The van der Waals surface area contributed by atoms with Crippen LogP contribution in [0.1, 0.15) is 48.9 Å². The lowest BCUT2D eigenvalue weighted by atomic mass is 9.77. The summed E-state index contributed by atoms with van der Waals surface area (Å²) in [5, 5.41) is 14.6.